The van der Waals surface area contributed by atoms with Gasteiger partial charge >= 0.3 is 0 Å². The molecule has 0 fully saturated rings. The summed E-state index contributed by atoms with van der Waals surface area (Å²) in [6.07, 6.45) is 3.94. The zero-order chi connectivity index (χ0) is 13.9. The summed E-state index contributed by atoms with van der Waals surface area (Å²) < 4.78 is 0. The van der Waals surface area contributed by atoms with E-state index in [-0.39, 0.29) is 5.78 Å². The monoisotopic (exact) mass is 266 g/mol. The number of imidazole rings is 1. The van der Waals surface area contributed by atoms with Gasteiger partial charge in [-0.05, 0) is 6.92 Å². The van der Waals surface area contributed by atoms with Gasteiger partial charge in [-0.15, -0.1) is 0 Å². The number of benzene rings is 1. The summed E-state index contributed by atoms with van der Waals surface area (Å²) in [6, 6.07) is 9.91. The largest absolute Gasteiger partial charge is 0.343 e. The molecule has 0 aliphatic rings. The van der Waals surface area contributed by atoms with Crippen molar-refractivity contribution in [3.8, 4) is 22.8 Å². The number of rotatable bonds is 4. The molecule has 0 spiro atoms. The summed E-state index contributed by atoms with van der Waals surface area (Å²) in [4.78, 5) is 18.9. The van der Waals surface area contributed by atoms with Gasteiger partial charge < -0.3 is 4.98 Å². The van der Waals surface area contributed by atoms with Crippen molar-refractivity contribution >= 4 is 5.78 Å². The van der Waals surface area contributed by atoms with E-state index >= 15 is 0 Å². The lowest BCUT2D eigenvalue weighted by Gasteiger charge is -1.96. The fraction of sp³-hybridized carbons (Fsp3) is 0.133. The first-order chi connectivity index (χ1) is 9.74. The maximum absolute atomic E-state index is 11.2. The van der Waals surface area contributed by atoms with Crippen molar-refractivity contribution in [1.29, 1.82) is 0 Å². The Bertz CT molecular complexity index is 727. The molecule has 1 aromatic carbocycles. The van der Waals surface area contributed by atoms with Crippen molar-refractivity contribution in [3.05, 3.63) is 48.3 Å². The number of hydrogen-bond acceptors (Lipinski definition) is 3. The van der Waals surface area contributed by atoms with Gasteiger partial charge in [0.05, 0.1) is 5.69 Å². The Hall–Kier alpha value is -2.69. The zero-order valence-corrected chi connectivity index (χ0v) is 11.1. The average molecular weight is 266 g/mol. The first kappa shape index (κ1) is 12.3. The molecule has 2 heterocycles. The Morgan fingerprint density at radius 3 is 2.75 bits per heavy atom. The zero-order valence-electron chi connectivity index (χ0n) is 11.1. The van der Waals surface area contributed by atoms with Gasteiger partial charge in [0, 0.05) is 29.9 Å². The molecular weight excluding hydrogens is 252 g/mol. The highest BCUT2D eigenvalue weighted by Crippen LogP contribution is 2.23. The fourth-order valence-electron chi connectivity index (χ4n) is 2.12. The van der Waals surface area contributed by atoms with E-state index < -0.39 is 0 Å². The van der Waals surface area contributed by atoms with E-state index in [4.69, 9.17) is 0 Å². The number of hydrogen-bond donors (Lipinski definition) is 2. The molecule has 0 radical (unpaired) electrons. The van der Waals surface area contributed by atoms with E-state index in [0.717, 1.165) is 16.8 Å². The standard InChI is InChI=1S/C15H14N4O/c1-10(20)7-12-8-17-19-14(12)15-16-9-13(18-15)11-5-3-2-4-6-11/h2-6,8-9H,7H2,1H3,(H,16,18)(H,17,19). The highest BCUT2D eigenvalue weighted by molar-refractivity contribution is 5.80. The van der Waals surface area contributed by atoms with Crippen LogP contribution in [0.25, 0.3) is 22.8 Å². The molecular formula is C15H14N4O. The Labute approximate surface area is 116 Å². The van der Waals surface area contributed by atoms with E-state index in [1.807, 2.05) is 36.5 Å². The van der Waals surface area contributed by atoms with E-state index in [2.05, 4.69) is 20.2 Å². The van der Waals surface area contributed by atoms with Gasteiger partial charge in [0.1, 0.15) is 11.5 Å². The molecule has 0 aliphatic heterocycles. The summed E-state index contributed by atoms with van der Waals surface area (Å²) in [5.74, 6) is 0.767. The van der Waals surface area contributed by atoms with Crippen molar-refractivity contribution in [2.45, 2.75) is 13.3 Å². The van der Waals surface area contributed by atoms with Crippen LogP contribution >= 0.6 is 0 Å². The van der Waals surface area contributed by atoms with Crippen LogP contribution in [0.4, 0.5) is 0 Å². The fourth-order valence-corrected chi connectivity index (χ4v) is 2.12. The van der Waals surface area contributed by atoms with Crippen molar-refractivity contribution in [2.24, 2.45) is 0 Å². The van der Waals surface area contributed by atoms with E-state index in [9.17, 15) is 4.79 Å². The number of H-pyrrole nitrogens is 2. The highest BCUT2D eigenvalue weighted by atomic mass is 16.1. The van der Waals surface area contributed by atoms with Crippen molar-refractivity contribution in [1.82, 2.24) is 20.2 Å². The summed E-state index contributed by atoms with van der Waals surface area (Å²) >= 11 is 0. The molecule has 0 aliphatic carbocycles. The molecule has 5 nitrogen and oxygen atoms in total. The number of carbonyl (C=O) groups is 1. The Morgan fingerprint density at radius 1 is 1.20 bits per heavy atom. The predicted octanol–water partition coefficient (Wildman–Crippen LogP) is 2.60. The second-order valence-electron chi connectivity index (χ2n) is 4.64. The maximum atomic E-state index is 11.2. The predicted molar refractivity (Wildman–Crippen MR) is 76.0 cm³/mol. The number of Topliss-reactive ketones (excluding diaryl/α,β-unsaturated/α-hetero) is 1. The number of nitrogens with zero attached hydrogens (tertiary/aromatic N) is 2. The van der Waals surface area contributed by atoms with Crippen LogP contribution in [0.5, 0.6) is 0 Å². The minimum atomic E-state index is 0.0995. The number of aromatic amines is 2. The van der Waals surface area contributed by atoms with Crippen LogP contribution in [0.1, 0.15) is 12.5 Å². The van der Waals surface area contributed by atoms with Gasteiger partial charge in [-0.2, -0.15) is 5.10 Å². The molecule has 2 aromatic heterocycles. The van der Waals surface area contributed by atoms with Gasteiger partial charge in [0.2, 0.25) is 0 Å². The van der Waals surface area contributed by atoms with Crippen LogP contribution in [0.15, 0.2) is 42.7 Å². The smallest absolute Gasteiger partial charge is 0.158 e. The number of carbonyl (C=O) groups excluding carboxylic acids is 1. The topological polar surface area (TPSA) is 74.4 Å². The number of nitrogens with one attached hydrogen (secondary N) is 2. The third kappa shape index (κ3) is 2.38. The number of ketones is 1. The second kappa shape index (κ2) is 5.13. The lowest BCUT2D eigenvalue weighted by atomic mass is 10.1. The molecule has 0 unspecified atom stereocenters. The van der Waals surface area contributed by atoms with Crippen LogP contribution in [0.3, 0.4) is 0 Å². The lowest BCUT2D eigenvalue weighted by molar-refractivity contribution is -0.116. The number of aromatic nitrogens is 4. The van der Waals surface area contributed by atoms with Crippen LogP contribution in [-0.4, -0.2) is 25.9 Å². The van der Waals surface area contributed by atoms with Crippen molar-refractivity contribution in [3.63, 3.8) is 0 Å². The third-order valence-corrected chi connectivity index (χ3v) is 3.03. The summed E-state index contributed by atoms with van der Waals surface area (Å²) in [7, 11) is 0. The van der Waals surface area contributed by atoms with E-state index in [1.54, 1.807) is 13.1 Å². The molecule has 0 saturated heterocycles. The van der Waals surface area contributed by atoms with Crippen LogP contribution in [0, 0.1) is 0 Å². The molecule has 5 heteroatoms. The molecule has 0 atom stereocenters. The lowest BCUT2D eigenvalue weighted by Crippen LogP contribution is -1.97. The second-order valence-corrected chi connectivity index (χ2v) is 4.64. The summed E-state index contributed by atoms with van der Waals surface area (Å²) in [5.41, 5.74) is 3.45. The van der Waals surface area contributed by atoms with Crippen LogP contribution in [-0.2, 0) is 11.2 Å². The average Bonchev–Trinajstić information content (AvgIpc) is 3.07. The molecule has 3 rings (SSSR count). The van der Waals surface area contributed by atoms with E-state index in [0.29, 0.717) is 17.9 Å². The van der Waals surface area contributed by atoms with Gasteiger partial charge in [-0.3, -0.25) is 9.89 Å². The maximum Gasteiger partial charge on any atom is 0.158 e. The first-order valence-electron chi connectivity index (χ1n) is 6.37. The van der Waals surface area contributed by atoms with Gasteiger partial charge in [-0.25, -0.2) is 4.98 Å². The summed E-state index contributed by atoms with van der Waals surface area (Å²) in [6.45, 7) is 1.56. The molecule has 20 heavy (non-hydrogen) atoms. The van der Waals surface area contributed by atoms with Crippen LogP contribution in [0.2, 0.25) is 0 Å². The minimum absolute atomic E-state index is 0.0995. The van der Waals surface area contributed by atoms with Crippen molar-refractivity contribution in [2.75, 3.05) is 0 Å². The summed E-state index contributed by atoms with van der Waals surface area (Å²) in [5, 5.41) is 6.96. The molecule has 0 saturated carbocycles. The van der Waals surface area contributed by atoms with Crippen molar-refractivity contribution < 1.29 is 4.79 Å². The molecule has 100 valence electrons. The Kier molecular flexibility index (Phi) is 3.16. The molecule has 3 aromatic rings. The normalized spacial score (nSPS) is 10.7. The van der Waals surface area contributed by atoms with Gasteiger partial charge in [0.25, 0.3) is 0 Å². The minimum Gasteiger partial charge on any atom is -0.343 e. The van der Waals surface area contributed by atoms with Gasteiger partial charge in [-0.1, -0.05) is 30.3 Å². The SMILES string of the molecule is CC(=O)Cc1c[nH]nc1-c1nc(-c2ccccc2)c[nH]1. The Balaban J connectivity index is 1.95. The van der Waals surface area contributed by atoms with E-state index in [1.165, 1.54) is 0 Å². The molecule has 0 bridgehead atoms. The quantitative estimate of drug-likeness (QED) is 0.762. The third-order valence-electron chi connectivity index (χ3n) is 3.03. The molecule has 2 N–H and O–H groups in total. The first-order valence-corrected chi connectivity index (χ1v) is 6.37. The molecule has 0 amide bonds. The highest BCUT2D eigenvalue weighted by Gasteiger charge is 2.13. The van der Waals surface area contributed by atoms with Crippen LogP contribution < -0.4 is 0 Å². The van der Waals surface area contributed by atoms with Gasteiger partial charge in [0.15, 0.2) is 5.82 Å². The Morgan fingerprint density at radius 2 is 2.00 bits per heavy atom.